The van der Waals surface area contributed by atoms with Gasteiger partial charge in [-0.05, 0) is 12.6 Å². The summed E-state index contributed by atoms with van der Waals surface area (Å²) in [6, 6.07) is 0. The third kappa shape index (κ3) is 2.25. The van der Waals surface area contributed by atoms with E-state index in [9.17, 15) is 0 Å². The van der Waals surface area contributed by atoms with E-state index in [1.54, 1.807) is 0 Å². The molecule has 0 atom stereocenters. The van der Waals surface area contributed by atoms with Gasteiger partial charge in [0.15, 0.2) is 0 Å². The van der Waals surface area contributed by atoms with Crippen LogP contribution in [-0.2, 0) is 21.1 Å². The molecule has 0 unspecified atom stereocenters. The van der Waals surface area contributed by atoms with Crippen molar-refractivity contribution < 1.29 is 21.1 Å². The second-order valence-corrected chi connectivity index (χ2v) is 4.13. The summed E-state index contributed by atoms with van der Waals surface area (Å²) in [5, 5.41) is 0. The molecule has 1 nitrogen and oxygen atoms in total. The van der Waals surface area contributed by atoms with Crippen LogP contribution in [0.1, 0.15) is 41.5 Å². The van der Waals surface area contributed by atoms with Crippen molar-refractivity contribution >= 4 is 5.71 Å². The largest absolute Gasteiger partial charge is 0.317 e. The van der Waals surface area contributed by atoms with Crippen molar-refractivity contribution in [2.24, 2.45) is 4.99 Å². The molecule has 0 saturated carbocycles. The second kappa shape index (κ2) is 4.00. The van der Waals surface area contributed by atoms with Crippen LogP contribution in [0.25, 0.3) is 0 Å². The van der Waals surface area contributed by atoms with Gasteiger partial charge in [0, 0.05) is 26.6 Å². The summed E-state index contributed by atoms with van der Waals surface area (Å²) >= 11 is 0. The van der Waals surface area contributed by atoms with Gasteiger partial charge in [0.25, 0.3) is 0 Å². The molecule has 0 N–H and O–H groups in total. The molecule has 1 aliphatic heterocycles. The van der Waals surface area contributed by atoms with Gasteiger partial charge in [0.05, 0.1) is 0 Å². The summed E-state index contributed by atoms with van der Waals surface area (Å²) < 4.78 is 0. The third-order valence-corrected chi connectivity index (χ3v) is 3.03. The maximum Gasteiger partial charge on any atom is 0.0111 e. The first-order valence-corrected chi connectivity index (χ1v) is 4.45. The fourth-order valence-corrected chi connectivity index (χ4v) is 1.60. The Morgan fingerprint density at radius 3 is 2.08 bits per heavy atom. The Balaban J connectivity index is 0.00000144. The van der Waals surface area contributed by atoms with E-state index in [4.69, 9.17) is 0 Å². The van der Waals surface area contributed by atoms with Crippen LogP contribution in [0.3, 0.4) is 0 Å². The van der Waals surface area contributed by atoms with Crippen LogP contribution >= 0.6 is 0 Å². The van der Waals surface area contributed by atoms with Gasteiger partial charge in [-0.2, -0.15) is 11.5 Å². The van der Waals surface area contributed by atoms with E-state index in [0.29, 0.717) is 0 Å². The number of aliphatic imine (C=N–C) groups is 1. The van der Waals surface area contributed by atoms with E-state index in [2.05, 4.69) is 46.5 Å². The van der Waals surface area contributed by atoms with Gasteiger partial charge in [-0.1, -0.05) is 20.8 Å². The van der Waals surface area contributed by atoms with Gasteiger partial charge in [-0.15, -0.1) is 13.8 Å². The topological polar surface area (TPSA) is 12.4 Å². The average molecular weight is 348 g/mol. The second-order valence-electron chi connectivity index (χ2n) is 4.13. The molecule has 0 radical (unpaired) electrons. The van der Waals surface area contributed by atoms with Gasteiger partial charge in [0.1, 0.15) is 0 Å². The first-order valence-electron chi connectivity index (χ1n) is 4.45. The average Bonchev–Trinajstić information content (AvgIpc) is 1.97. The summed E-state index contributed by atoms with van der Waals surface area (Å²) in [7, 11) is 0. The van der Waals surface area contributed by atoms with Gasteiger partial charge in [-0.3, -0.25) is 0 Å². The van der Waals surface area contributed by atoms with E-state index in [-0.39, 0.29) is 26.6 Å². The zero-order valence-electron chi connectivity index (χ0n) is 9.36. The monoisotopic (exact) mass is 348 g/mol. The number of nitrogens with zero attached hydrogens (tertiary/aromatic N) is 1. The Labute approximate surface area is 96.0 Å². The molecule has 0 aromatic rings. The van der Waals surface area contributed by atoms with Crippen molar-refractivity contribution in [2.45, 2.75) is 47.1 Å². The fourth-order valence-electron chi connectivity index (χ4n) is 1.60. The normalized spacial score (nSPS) is 21.1. The van der Waals surface area contributed by atoms with Gasteiger partial charge >= 0.3 is 0 Å². The van der Waals surface area contributed by atoms with E-state index >= 15 is 0 Å². The van der Waals surface area contributed by atoms with Crippen molar-refractivity contribution in [3.8, 4) is 0 Å². The van der Waals surface area contributed by atoms with Crippen LogP contribution < -0.4 is 0 Å². The van der Waals surface area contributed by atoms with Crippen LogP contribution in [-0.4, -0.2) is 11.3 Å². The maximum absolute atomic E-state index is 4.65. The molecule has 0 spiro atoms. The predicted molar refractivity (Wildman–Crippen MR) is 54.5 cm³/mol. The zero-order valence-corrected chi connectivity index (χ0v) is 12.3. The minimum Gasteiger partial charge on any atom is -0.317 e. The number of hydrogen-bond donors (Lipinski definition) is 0. The Morgan fingerprint density at radius 1 is 1.15 bits per heavy atom. The zero-order chi connectivity index (χ0) is 9.52. The summed E-state index contributed by atoms with van der Waals surface area (Å²) in [5.41, 5.74) is 3.99. The van der Waals surface area contributed by atoms with E-state index < -0.39 is 0 Å². The molecule has 0 bridgehead atoms. The molecule has 1 heterocycles. The van der Waals surface area contributed by atoms with Crippen LogP contribution in [0.15, 0.2) is 16.1 Å². The summed E-state index contributed by atoms with van der Waals surface area (Å²) in [6.07, 6.45) is 0. The Kier molecular flexibility index (Phi) is 3.99. The number of rotatable bonds is 0. The molecular weight excluding hydrogens is 330 g/mol. The quantitative estimate of drug-likeness (QED) is 0.597. The van der Waals surface area contributed by atoms with E-state index in [1.165, 1.54) is 22.8 Å². The molecule has 74 valence electrons. The van der Waals surface area contributed by atoms with Crippen molar-refractivity contribution in [2.75, 3.05) is 0 Å². The predicted octanol–water partition coefficient (Wildman–Crippen LogP) is 3.17. The Hall–Kier alpha value is -0.0317. The molecule has 0 fully saturated rings. The number of dihydropyridines is 1. The molecule has 1 rings (SSSR count). The molecule has 0 amide bonds. The minimum absolute atomic E-state index is 0. The number of allylic oxidation sites excluding steroid dienone is 1. The van der Waals surface area contributed by atoms with Gasteiger partial charge in [0.2, 0.25) is 0 Å². The first-order chi connectivity index (χ1) is 5.36. The van der Waals surface area contributed by atoms with E-state index in [0.717, 1.165) is 0 Å². The van der Waals surface area contributed by atoms with E-state index in [1.807, 2.05) is 0 Å². The van der Waals surface area contributed by atoms with Crippen molar-refractivity contribution in [3.63, 3.8) is 0 Å². The molecule has 1 aliphatic rings. The van der Waals surface area contributed by atoms with Gasteiger partial charge in [-0.25, -0.2) is 5.57 Å². The van der Waals surface area contributed by atoms with Gasteiger partial charge < -0.3 is 4.99 Å². The van der Waals surface area contributed by atoms with Crippen LogP contribution in [0.5, 0.6) is 0 Å². The molecular formula is C11H18NW-. The molecule has 0 saturated heterocycles. The first kappa shape index (κ1) is 13.0. The SMILES string of the molecule is CC1=NC(C)(C)C(C)=C(C)[C-]1C.[W]. The Morgan fingerprint density at radius 2 is 1.62 bits per heavy atom. The fraction of sp³-hybridized carbons (Fsp3) is 0.636. The van der Waals surface area contributed by atoms with Crippen LogP contribution in [0.2, 0.25) is 0 Å². The molecule has 0 aliphatic carbocycles. The van der Waals surface area contributed by atoms with Crippen molar-refractivity contribution in [3.05, 3.63) is 17.1 Å². The minimum atomic E-state index is 0. The van der Waals surface area contributed by atoms with Crippen molar-refractivity contribution in [1.29, 1.82) is 0 Å². The van der Waals surface area contributed by atoms with Crippen LogP contribution in [0.4, 0.5) is 0 Å². The molecule has 0 aromatic carbocycles. The third-order valence-electron chi connectivity index (χ3n) is 3.03. The standard InChI is InChI=1S/C11H18N.W/c1-7-8(2)10(4)12-11(5,6)9(7)3;/h1-6H3;/q-1;. The smallest absolute Gasteiger partial charge is 0.0111 e. The Bertz CT molecular complexity index is 261. The summed E-state index contributed by atoms with van der Waals surface area (Å²) in [6.45, 7) is 12.9. The maximum atomic E-state index is 4.65. The summed E-state index contributed by atoms with van der Waals surface area (Å²) in [5.74, 6) is 1.34. The number of hydrogen-bond acceptors (Lipinski definition) is 1. The summed E-state index contributed by atoms with van der Waals surface area (Å²) in [4.78, 5) is 4.65. The molecule has 13 heavy (non-hydrogen) atoms. The van der Waals surface area contributed by atoms with Crippen LogP contribution in [0, 0.1) is 5.92 Å². The van der Waals surface area contributed by atoms with Crippen molar-refractivity contribution in [1.82, 2.24) is 0 Å². The molecule has 2 heteroatoms. The molecule has 0 aromatic heterocycles.